The van der Waals surface area contributed by atoms with Crippen molar-refractivity contribution in [2.45, 2.75) is 25.5 Å². The maximum atomic E-state index is 14.2. The second-order valence-electron chi connectivity index (χ2n) is 10.7. The molecule has 4 aromatic carbocycles. The van der Waals surface area contributed by atoms with Gasteiger partial charge < -0.3 is 9.47 Å². The number of halogens is 2. The molecule has 9 heteroatoms. The third-order valence-electron chi connectivity index (χ3n) is 8.13. The SMILES string of the molecule is COc1cc(/C=c2\sc3n(c2=O)C(c2ccccc2Cl)C2=C(N=3)c3ccccc3CC2)cc(I)c1OCc1ccccc1C#N. The first kappa shape index (κ1) is 29.5. The minimum absolute atomic E-state index is 0.114. The molecule has 45 heavy (non-hydrogen) atoms. The van der Waals surface area contributed by atoms with Crippen LogP contribution in [0.5, 0.6) is 11.5 Å². The number of nitrogens with zero attached hydrogens (tertiary/aromatic N) is 3. The highest BCUT2D eigenvalue weighted by molar-refractivity contribution is 14.1. The molecule has 1 aliphatic heterocycles. The first-order valence-corrected chi connectivity index (χ1v) is 16.6. The van der Waals surface area contributed by atoms with Gasteiger partial charge in [0, 0.05) is 16.1 Å². The van der Waals surface area contributed by atoms with Crippen LogP contribution < -0.4 is 24.4 Å². The Balaban J connectivity index is 1.33. The van der Waals surface area contributed by atoms with E-state index in [1.54, 1.807) is 17.7 Å². The van der Waals surface area contributed by atoms with Crippen LogP contribution in [0.4, 0.5) is 0 Å². The van der Waals surface area contributed by atoms with Crippen molar-refractivity contribution in [1.29, 1.82) is 5.26 Å². The van der Waals surface area contributed by atoms with Crippen molar-refractivity contribution in [2.24, 2.45) is 4.99 Å². The molecule has 7 rings (SSSR count). The predicted molar refractivity (Wildman–Crippen MR) is 185 cm³/mol. The highest BCUT2D eigenvalue weighted by atomic mass is 127. The fourth-order valence-electron chi connectivity index (χ4n) is 6.02. The molecule has 6 nitrogen and oxygen atoms in total. The Bertz CT molecular complexity index is 2250. The Hall–Kier alpha value is -4.17. The van der Waals surface area contributed by atoms with Gasteiger partial charge in [-0.25, -0.2) is 4.99 Å². The van der Waals surface area contributed by atoms with Gasteiger partial charge in [0.25, 0.3) is 5.56 Å². The summed E-state index contributed by atoms with van der Waals surface area (Å²) in [6, 6.07) is 29.1. The summed E-state index contributed by atoms with van der Waals surface area (Å²) < 4.78 is 15.0. The van der Waals surface area contributed by atoms with Crippen LogP contribution in [0.3, 0.4) is 0 Å². The van der Waals surface area contributed by atoms with E-state index in [4.69, 9.17) is 26.1 Å². The normalized spacial score (nSPS) is 15.4. The summed E-state index contributed by atoms with van der Waals surface area (Å²) in [7, 11) is 1.59. The zero-order valence-corrected chi connectivity index (χ0v) is 27.8. The number of fused-ring (bicyclic) bond motifs is 3. The van der Waals surface area contributed by atoms with Crippen LogP contribution in [-0.2, 0) is 13.0 Å². The van der Waals surface area contributed by atoms with Crippen molar-refractivity contribution in [3.05, 3.63) is 152 Å². The monoisotopic (exact) mass is 741 g/mol. The second kappa shape index (κ2) is 12.3. The molecule has 1 unspecified atom stereocenters. The van der Waals surface area contributed by atoms with E-state index in [-0.39, 0.29) is 18.2 Å². The van der Waals surface area contributed by atoms with Crippen LogP contribution >= 0.6 is 45.5 Å². The summed E-state index contributed by atoms with van der Waals surface area (Å²) >= 11 is 10.4. The van der Waals surface area contributed by atoms with Gasteiger partial charge in [-0.15, -0.1) is 0 Å². The topological polar surface area (TPSA) is 76.6 Å². The molecule has 1 atom stereocenters. The zero-order chi connectivity index (χ0) is 31.1. The van der Waals surface area contributed by atoms with Crippen molar-refractivity contribution >= 4 is 57.3 Å². The number of nitriles is 1. The van der Waals surface area contributed by atoms with Crippen LogP contribution in [-0.4, -0.2) is 11.7 Å². The van der Waals surface area contributed by atoms with Gasteiger partial charge in [0.1, 0.15) is 6.61 Å². The minimum Gasteiger partial charge on any atom is -0.493 e. The summed E-state index contributed by atoms with van der Waals surface area (Å²) in [5.74, 6) is 1.12. The number of aromatic nitrogens is 1. The Morgan fingerprint density at radius 3 is 2.69 bits per heavy atom. The van der Waals surface area contributed by atoms with Crippen molar-refractivity contribution in [3.63, 3.8) is 0 Å². The quantitative estimate of drug-likeness (QED) is 0.175. The molecule has 0 saturated heterocycles. The number of thiazole rings is 1. The van der Waals surface area contributed by atoms with E-state index < -0.39 is 0 Å². The Morgan fingerprint density at radius 1 is 1.09 bits per heavy atom. The standard InChI is InChI=1S/C36H25ClIN3O3S/c1-43-30-17-21(16-29(38)34(30)44-20-24-10-3-2-9-23(24)19-39)18-31-35(42)41-33(26-12-6-7-13-28(26)37)27-15-14-22-8-4-5-11-25(22)32(27)40-36(41)45-31/h2-13,16-18,33H,14-15,20H2,1H3/b31-18-. The highest BCUT2D eigenvalue weighted by Gasteiger charge is 2.33. The predicted octanol–water partition coefficient (Wildman–Crippen LogP) is 7.04. The summed E-state index contributed by atoms with van der Waals surface area (Å²) in [6.45, 7) is 0.226. The Kier molecular flexibility index (Phi) is 8.08. The third kappa shape index (κ3) is 5.39. The fourth-order valence-corrected chi connectivity index (χ4v) is 8.04. The molecular weight excluding hydrogens is 717 g/mol. The number of allylic oxidation sites excluding steroid dienone is 1. The molecule has 222 valence electrons. The lowest BCUT2D eigenvalue weighted by molar-refractivity contribution is 0.282. The number of benzene rings is 4. The molecule has 2 heterocycles. The van der Waals surface area contributed by atoms with Gasteiger partial charge >= 0.3 is 0 Å². The van der Waals surface area contributed by atoms with E-state index >= 15 is 0 Å². The van der Waals surface area contributed by atoms with E-state index in [2.05, 4.69) is 46.9 Å². The first-order valence-electron chi connectivity index (χ1n) is 14.3. The van der Waals surface area contributed by atoms with Crippen LogP contribution in [0.1, 0.15) is 45.8 Å². The van der Waals surface area contributed by atoms with Crippen molar-refractivity contribution < 1.29 is 9.47 Å². The summed E-state index contributed by atoms with van der Waals surface area (Å²) in [6.07, 6.45) is 3.56. The van der Waals surface area contributed by atoms with Gasteiger partial charge in [-0.1, -0.05) is 83.6 Å². The number of aryl methyl sites for hydroxylation is 1. The molecule has 0 N–H and O–H groups in total. The van der Waals surface area contributed by atoms with Gasteiger partial charge in [-0.3, -0.25) is 9.36 Å². The first-order chi connectivity index (χ1) is 22.0. The Morgan fingerprint density at radius 2 is 1.87 bits per heavy atom. The molecule has 0 bridgehead atoms. The van der Waals surface area contributed by atoms with Crippen LogP contribution in [0.25, 0.3) is 11.8 Å². The van der Waals surface area contributed by atoms with E-state index in [0.29, 0.717) is 31.4 Å². The average Bonchev–Trinajstić information content (AvgIpc) is 3.37. The number of hydrogen-bond donors (Lipinski definition) is 0. The maximum absolute atomic E-state index is 14.2. The van der Waals surface area contributed by atoms with Crippen LogP contribution in [0, 0.1) is 14.9 Å². The molecule has 2 aliphatic rings. The van der Waals surface area contributed by atoms with E-state index in [9.17, 15) is 10.1 Å². The number of ether oxygens (including phenoxy) is 2. The lowest BCUT2D eigenvalue weighted by atomic mass is 9.83. The van der Waals surface area contributed by atoms with E-state index in [1.807, 2.05) is 66.7 Å². The number of methoxy groups -OCH3 is 1. The van der Waals surface area contributed by atoms with Gasteiger partial charge in [-0.05, 0) is 88.0 Å². The van der Waals surface area contributed by atoms with E-state index in [1.165, 1.54) is 16.9 Å². The lowest BCUT2D eigenvalue weighted by Gasteiger charge is -2.31. The maximum Gasteiger partial charge on any atom is 0.271 e. The van der Waals surface area contributed by atoms with Gasteiger partial charge in [0.15, 0.2) is 16.3 Å². The molecule has 1 aliphatic carbocycles. The lowest BCUT2D eigenvalue weighted by Crippen LogP contribution is -2.38. The summed E-state index contributed by atoms with van der Waals surface area (Å²) in [4.78, 5) is 19.9. The van der Waals surface area contributed by atoms with E-state index in [0.717, 1.165) is 49.9 Å². The van der Waals surface area contributed by atoms with Crippen molar-refractivity contribution in [3.8, 4) is 17.6 Å². The van der Waals surface area contributed by atoms with Crippen molar-refractivity contribution in [1.82, 2.24) is 4.57 Å². The van der Waals surface area contributed by atoms with Crippen LogP contribution in [0.15, 0.2) is 100 Å². The molecule has 1 aromatic heterocycles. The highest BCUT2D eigenvalue weighted by Crippen LogP contribution is 2.42. The Labute approximate surface area is 282 Å². The third-order valence-corrected chi connectivity index (χ3v) is 10.3. The molecule has 5 aromatic rings. The molecule has 0 saturated carbocycles. The fraction of sp³-hybridized carbons (Fsp3) is 0.139. The molecule has 0 fully saturated rings. The summed E-state index contributed by atoms with van der Waals surface area (Å²) in [5, 5.41) is 10.1. The smallest absolute Gasteiger partial charge is 0.271 e. The molecule has 0 amide bonds. The molecule has 0 radical (unpaired) electrons. The minimum atomic E-state index is -0.345. The molecule has 0 spiro atoms. The zero-order valence-electron chi connectivity index (χ0n) is 24.1. The van der Waals surface area contributed by atoms with Gasteiger partial charge in [0.05, 0.1) is 38.6 Å². The van der Waals surface area contributed by atoms with Crippen molar-refractivity contribution in [2.75, 3.05) is 7.11 Å². The number of rotatable bonds is 6. The molecular formula is C36H25ClIN3O3S. The van der Waals surface area contributed by atoms with Crippen LogP contribution in [0.2, 0.25) is 5.02 Å². The average molecular weight is 742 g/mol. The second-order valence-corrected chi connectivity index (χ2v) is 13.3. The number of hydrogen-bond acceptors (Lipinski definition) is 6. The summed E-state index contributed by atoms with van der Waals surface area (Å²) in [5.41, 5.74) is 7.36. The largest absolute Gasteiger partial charge is 0.493 e. The van der Waals surface area contributed by atoms with Gasteiger partial charge in [0.2, 0.25) is 0 Å². The van der Waals surface area contributed by atoms with Gasteiger partial charge in [-0.2, -0.15) is 5.26 Å².